The van der Waals surface area contributed by atoms with E-state index in [2.05, 4.69) is 63.8 Å². The highest BCUT2D eigenvalue weighted by molar-refractivity contribution is 5.70. The average molecular weight is 332 g/mol. The highest BCUT2D eigenvalue weighted by atomic mass is 16.4. The predicted octanol–water partition coefficient (Wildman–Crippen LogP) is 4.35. The molecule has 1 saturated heterocycles. The smallest absolute Gasteiger partial charge is 0.307 e. The van der Waals surface area contributed by atoms with Crippen LogP contribution in [0.15, 0.2) is 24.3 Å². The molecular formula is C21H33NO2. The standard InChI is InChI=1S/C21H33NO2/c1-15(12-17-7-10-19(11-8-17)21(3,4)5)13-22-14-18(20(23)24)9-6-16(22)2/h7-8,10-11,15-16,18H,6,9,12-14H2,1-5H3,(H,23,24). The molecule has 0 saturated carbocycles. The Bertz CT molecular complexity index is 544. The predicted molar refractivity (Wildman–Crippen MR) is 99.4 cm³/mol. The average Bonchev–Trinajstić information content (AvgIpc) is 2.48. The minimum absolute atomic E-state index is 0.194. The summed E-state index contributed by atoms with van der Waals surface area (Å²) >= 11 is 0. The molecule has 0 aliphatic carbocycles. The van der Waals surface area contributed by atoms with E-state index in [0.717, 1.165) is 25.8 Å². The number of rotatable bonds is 5. The van der Waals surface area contributed by atoms with Gasteiger partial charge in [-0.15, -0.1) is 0 Å². The second-order valence-corrected chi connectivity index (χ2v) is 8.67. The summed E-state index contributed by atoms with van der Waals surface area (Å²) in [5.41, 5.74) is 2.93. The monoisotopic (exact) mass is 331 g/mol. The first kappa shape index (κ1) is 19.0. The molecule has 3 unspecified atom stereocenters. The first-order valence-electron chi connectivity index (χ1n) is 9.23. The molecule has 1 aliphatic rings. The molecule has 0 radical (unpaired) electrons. The maximum absolute atomic E-state index is 11.3. The van der Waals surface area contributed by atoms with E-state index in [1.807, 2.05) is 0 Å². The Morgan fingerprint density at radius 1 is 1.25 bits per heavy atom. The molecule has 1 aromatic rings. The Kier molecular flexibility index (Phi) is 6.08. The van der Waals surface area contributed by atoms with Crippen LogP contribution < -0.4 is 0 Å². The van der Waals surface area contributed by atoms with Crippen molar-refractivity contribution in [3.8, 4) is 0 Å². The van der Waals surface area contributed by atoms with E-state index in [4.69, 9.17) is 0 Å². The molecule has 1 fully saturated rings. The van der Waals surface area contributed by atoms with E-state index in [-0.39, 0.29) is 11.3 Å². The van der Waals surface area contributed by atoms with Crippen molar-refractivity contribution in [1.82, 2.24) is 4.90 Å². The zero-order valence-corrected chi connectivity index (χ0v) is 15.9. The lowest BCUT2D eigenvalue weighted by atomic mass is 9.86. The second-order valence-electron chi connectivity index (χ2n) is 8.67. The van der Waals surface area contributed by atoms with Gasteiger partial charge in [0.2, 0.25) is 0 Å². The molecule has 3 nitrogen and oxygen atoms in total. The van der Waals surface area contributed by atoms with Crippen LogP contribution in [0.2, 0.25) is 0 Å². The Morgan fingerprint density at radius 3 is 2.42 bits per heavy atom. The highest BCUT2D eigenvalue weighted by Crippen LogP contribution is 2.25. The molecule has 3 heteroatoms. The van der Waals surface area contributed by atoms with E-state index < -0.39 is 5.97 Å². The van der Waals surface area contributed by atoms with Crippen LogP contribution in [-0.4, -0.2) is 35.1 Å². The SMILES string of the molecule is CC(Cc1ccc(C(C)(C)C)cc1)CN1CC(C(=O)O)CCC1C. The zero-order chi connectivity index (χ0) is 17.9. The number of aliphatic carboxylic acids is 1. The van der Waals surface area contributed by atoms with Gasteiger partial charge in [-0.2, -0.15) is 0 Å². The lowest BCUT2D eigenvalue weighted by Gasteiger charge is -2.38. The largest absolute Gasteiger partial charge is 0.481 e. The number of hydrogen-bond acceptors (Lipinski definition) is 2. The maximum atomic E-state index is 11.3. The second kappa shape index (κ2) is 7.69. The van der Waals surface area contributed by atoms with Crippen molar-refractivity contribution in [2.24, 2.45) is 11.8 Å². The van der Waals surface area contributed by atoms with E-state index in [0.29, 0.717) is 18.5 Å². The summed E-state index contributed by atoms with van der Waals surface area (Å²) < 4.78 is 0. The van der Waals surface area contributed by atoms with Crippen molar-refractivity contribution in [3.63, 3.8) is 0 Å². The normalized spacial score (nSPS) is 23.9. The van der Waals surface area contributed by atoms with Gasteiger partial charge in [0.25, 0.3) is 0 Å². The van der Waals surface area contributed by atoms with Crippen LogP contribution in [-0.2, 0) is 16.6 Å². The molecular weight excluding hydrogens is 298 g/mol. The lowest BCUT2D eigenvalue weighted by Crippen LogP contribution is -2.46. The van der Waals surface area contributed by atoms with Crippen molar-refractivity contribution in [3.05, 3.63) is 35.4 Å². The number of benzene rings is 1. The fourth-order valence-electron chi connectivity index (χ4n) is 3.64. The summed E-state index contributed by atoms with van der Waals surface area (Å²) in [5, 5.41) is 9.28. The first-order chi connectivity index (χ1) is 11.2. The van der Waals surface area contributed by atoms with E-state index in [1.54, 1.807) is 0 Å². The molecule has 0 spiro atoms. The van der Waals surface area contributed by atoms with E-state index >= 15 is 0 Å². The Labute approximate surface area is 147 Å². The van der Waals surface area contributed by atoms with E-state index in [1.165, 1.54) is 11.1 Å². The topological polar surface area (TPSA) is 40.5 Å². The number of carboxylic acid groups (broad SMARTS) is 1. The third kappa shape index (κ3) is 5.07. The van der Waals surface area contributed by atoms with Gasteiger partial charge in [0.05, 0.1) is 5.92 Å². The molecule has 3 atom stereocenters. The maximum Gasteiger partial charge on any atom is 0.307 e. The molecule has 134 valence electrons. The molecule has 1 aromatic carbocycles. The Balaban J connectivity index is 1.92. The van der Waals surface area contributed by atoms with Crippen molar-refractivity contribution in [2.75, 3.05) is 13.1 Å². The zero-order valence-electron chi connectivity index (χ0n) is 15.9. The first-order valence-corrected chi connectivity index (χ1v) is 9.23. The van der Waals surface area contributed by atoms with Crippen LogP contribution in [0.4, 0.5) is 0 Å². The number of hydrogen-bond donors (Lipinski definition) is 1. The fraction of sp³-hybridized carbons (Fsp3) is 0.667. The third-order valence-corrected chi connectivity index (χ3v) is 5.31. The van der Waals surface area contributed by atoms with Crippen molar-refractivity contribution in [2.45, 2.75) is 65.3 Å². The van der Waals surface area contributed by atoms with Crippen LogP contribution in [0.1, 0.15) is 58.6 Å². The quantitative estimate of drug-likeness (QED) is 0.872. The van der Waals surface area contributed by atoms with Crippen LogP contribution in [0, 0.1) is 11.8 Å². The summed E-state index contributed by atoms with van der Waals surface area (Å²) in [6, 6.07) is 9.47. The molecule has 0 aromatic heterocycles. The van der Waals surface area contributed by atoms with E-state index in [9.17, 15) is 9.90 Å². The minimum atomic E-state index is -0.641. The molecule has 0 bridgehead atoms. The van der Waals surface area contributed by atoms with Gasteiger partial charge < -0.3 is 5.11 Å². The van der Waals surface area contributed by atoms with Crippen LogP contribution in [0.3, 0.4) is 0 Å². The number of carbonyl (C=O) groups is 1. The van der Waals surface area contributed by atoms with Crippen LogP contribution in [0.5, 0.6) is 0 Å². The fourth-order valence-corrected chi connectivity index (χ4v) is 3.64. The summed E-state index contributed by atoms with van der Waals surface area (Å²) in [5.74, 6) is -0.308. The van der Waals surface area contributed by atoms with Gasteiger partial charge >= 0.3 is 5.97 Å². The number of likely N-dealkylation sites (tertiary alicyclic amines) is 1. The van der Waals surface area contributed by atoms with Gasteiger partial charge in [-0.25, -0.2) is 0 Å². The number of piperidine rings is 1. The van der Waals surface area contributed by atoms with Gasteiger partial charge in [0.15, 0.2) is 0 Å². The Morgan fingerprint density at radius 2 is 1.88 bits per heavy atom. The van der Waals surface area contributed by atoms with Gasteiger partial charge in [-0.1, -0.05) is 52.0 Å². The minimum Gasteiger partial charge on any atom is -0.481 e. The number of nitrogens with zero attached hydrogens (tertiary/aromatic N) is 1. The number of carboxylic acids is 1. The van der Waals surface area contributed by atoms with Crippen LogP contribution in [0.25, 0.3) is 0 Å². The summed E-state index contributed by atoms with van der Waals surface area (Å²) in [4.78, 5) is 13.6. The van der Waals surface area contributed by atoms with Crippen molar-refractivity contribution >= 4 is 5.97 Å². The van der Waals surface area contributed by atoms with Gasteiger partial charge in [-0.05, 0) is 48.6 Å². The van der Waals surface area contributed by atoms with Crippen molar-refractivity contribution in [1.29, 1.82) is 0 Å². The van der Waals surface area contributed by atoms with Crippen LogP contribution >= 0.6 is 0 Å². The summed E-state index contributed by atoms with van der Waals surface area (Å²) in [7, 11) is 0. The Hall–Kier alpha value is -1.35. The summed E-state index contributed by atoms with van der Waals surface area (Å²) in [6.07, 6.45) is 2.85. The van der Waals surface area contributed by atoms with Crippen molar-refractivity contribution < 1.29 is 9.90 Å². The highest BCUT2D eigenvalue weighted by Gasteiger charge is 2.30. The molecule has 1 N–H and O–H groups in total. The van der Waals surface area contributed by atoms with Gasteiger partial charge in [0, 0.05) is 19.1 Å². The van der Waals surface area contributed by atoms with Gasteiger partial charge in [0.1, 0.15) is 0 Å². The van der Waals surface area contributed by atoms with Gasteiger partial charge in [-0.3, -0.25) is 9.69 Å². The molecule has 1 aliphatic heterocycles. The molecule has 24 heavy (non-hydrogen) atoms. The molecule has 0 amide bonds. The molecule has 2 rings (SSSR count). The summed E-state index contributed by atoms with van der Waals surface area (Å²) in [6.45, 7) is 12.9. The third-order valence-electron chi connectivity index (χ3n) is 5.31. The molecule has 1 heterocycles. The lowest BCUT2D eigenvalue weighted by molar-refractivity contribution is -0.144.